The molecule has 1 unspecified atom stereocenters. The molecule has 0 saturated heterocycles. The van der Waals surface area contributed by atoms with E-state index in [1.807, 2.05) is 42.6 Å². The molecule has 1 heterocycles. The summed E-state index contributed by atoms with van der Waals surface area (Å²) in [5.74, 6) is 1.92. The maximum Gasteiger partial charge on any atom is 0.219 e. The zero-order valence-electron chi connectivity index (χ0n) is 12.8. The first-order chi connectivity index (χ1) is 10.2. The first kappa shape index (κ1) is 15.3. The quantitative estimate of drug-likeness (QED) is 0.837. The number of pyridine rings is 1. The Labute approximate surface area is 126 Å². The van der Waals surface area contributed by atoms with Crippen molar-refractivity contribution >= 4 is 0 Å². The van der Waals surface area contributed by atoms with Crippen LogP contribution in [0.25, 0.3) is 0 Å². The number of benzene rings is 1. The van der Waals surface area contributed by atoms with Crippen LogP contribution in [0.2, 0.25) is 0 Å². The predicted octanol–water partition coefficient (Wildman–Crippen LogP) is 3.94. The second kappa shape index (κ2) is 7.64. The van der Waals surface area contributed by atoms with Gasteiger partial charge in [-0.15, -0.1) is 0 Å². The lowest BCUT2D eigenvalue weighted by atomic mass is 10.1. The normalized spacial score (nSPS) is 12.0. The lowest BCUT2D eigenvalue weighted by Crippen LogP contribution is -2.19. The van der Waals surface area contributed by atoms with E-state index in [1.54, 1.807) is 7.11 Å². The molecule has 0 radical (unpaired) electrons. The van der Waals surface area contributed by atoms with Gasteiger partial charge >= 0.3 is 0 Å². The summed E-state index contributed by atoms with van der Waals surface area (Å²) in [5, 5.41) is 3.44. The van der Waals surface area contributed by atoms with Crippen molar-refractivity contribution in [3.63, 3.8) is 0 Å². The Morgan fingerprint density at radius 1 is 1.14 bits per heavy atom. The van der Waals surface area contributed by atoms with Crippen molar-refractivity contribution in [1.82, 2.24) is 10.3 Å². The molecular weight excluding hydrogens is 264 g/mol. The van der Waals surface area contributed by atoms with Gasteiger partial charge in [0.05, 0.1) is 7.11 Å². The largest absolute Gasteiger partial charge is 0.493 e. The van der Waals surface area contributed by atoms with E-state index >= 15 is 0 Å². The van der Waals surface area contributed by atoms with Crippen LogP contribution in [0.4, 0.5) is 0 Å². The van der Waals surface area contributed by atoms with Gasteiger partial charge in [0.15, 0.2) is 11.5 Å². The molecule has 112 valence electrons. The highest BCUT2D eigenvalue weighted by Crippen LogP contribution is 2.30. The van der Waals surface area contributed by atoms with Crippen LogP contribution in [0.15, 0.2) is 42.6 Å². The van der Waals surface area contributed by atoms with E-state index < -0.39 is 0 Å². The van der Waals surface area contributed by atoms with E-state index in [1.165, 1.54) is 0 Å². The summed E-state index contributed by atoms with van der Waals surface area (Å²) >= 11 is 0. The van der Waals surface area contributed by atoms with Gasteiger partial charge in [0.1, 0.15) is 0 Å². The molecule has 2 aromatic rings. The zero-order valence-corrected chi connectivity index (χ0v) is 12.8. The first-order valence-corrected chi connectivity index (χ1v) is 7.24. The minimum atomic E-state index is 0.290. The van der Waals surface area contributed by atoms with Crippen LogP contribution < -0.4 is 14.8 Å². The number of nitrogens with zero attached hydrogens (tertiary/aromatic N) is 1. The molecule has 0 aliphatic carbocycles. The van der Waals surface area contributed by atoms with Crippen molar-refractivity contribution in [3.8, 4) is 17.4 Å². The van der Waals surface area contributed by atoms with E-state index in [4.69, 9.17) is 9.47 Å². The Kier molecular flexibility index (Phi) is 5.58. The minimum absolute atomic E-state index is 0.290. The van der Waals surface area contributed by atoms with Gasteiger partial charge in [0.25, 0.3) is 0 Å². The second-order valence-corrected chi connectivity index (χ2v) is 4.86. The van der Waals surface area contributed by atoms with Crippen molar-refractivity contribution in [2.24, 2.45) is 0 Å². The highest BCUT2D eigenvalue weighted by molar-refractivity contribution is 5.41. The highest BCUT2D eigenvalue weighted by Gasteiger charge is 2.07. The van der Waals surface area contributed by atoms with Gasteiger partial charge in [-0.25, -0.2) is 4.98 Å². The van der Waals surface area contributed by atoms with Gasteiger partial charge in [-0.1, -0.05) is 25.1 Å². The summed E-state index contributed by atoms with van der Waals surface area (Å²) in [7, 11) is 1.62. The van der Waals surface area contributed by atoms with Crippen LogP contribution in [0.3, 0.4) is 0 Å². The number of nitrogens with one attached hydrogen (secondary N) is 1. The fourth-order valence-electron chi connectivity index (χ4n) is 2.00. The Morgan fingerprint density at radius 3 is 2.52 bits per heavy atom. The molecule has 0 amide bonds. The van der Waals surface area contributed by atoms with E-state index in [0.717, 1.165) is 18.5 Å². The number of hydrogen-bond acceptors (Lipinski definition) is 4. The summed E-state index contributed by atoms with van der Waals surface area (Å²) in [6.45, 7) is 5.29. The number of methoxy groups -OCH3 is 1. The van der Waals surface area contributed by atoms with E-state index in [-0.39, 0.29) is 6.04 Å². The Morgan fingerprint density at radius 2 is 1.90 bits per heavy atom. The maximum absolute atomic E-state index is 5.76. The van der Waals surface area contributed by atoms with Crippen LogP contribution in [-0.2, 0) is 0 Å². The molecule has 0 bridgehead atoms. The molecular formula is C17H22N2O2. The van der Waals surface area contributed by atoms with Crippen LogP contribution in [0, 0.1) is 0 Å². The van der Waals surface area contributed by atoms with E-state index in [0.29, 0.717) is 17.4 Å². The SMILES string of the molecule is CCCNC(C)c1ccc(Oc2ccccc2OC)nc1. The highest BCUT2D eigenvalue weighted by atomic mass is 16.5. The Bertz CT molecular complexity index is 555. The Balaban J connectivity index is 2.05. The van der Waals surface area contributed by atoms with Gasteiger partial charge in [-0.3, -0.25) is 0 Å². The third-order valence-corrected chi connectivity index (χ3v) is 3.24. The van der Waals surface area contributed by atoms with Crippen LogP contribution in [-0.4, -0.2) is 18.6 Å². The van der Waals surface area contributed by atoms with Crippen molar-refractivity contribution < 1.29 is 9.47 Å². The van der Waals surface area contributed by atoms with E-state index in [2.05, 4.69) is 24.1 Å². The molecule has 1 atom stereocenters. The standard InChI is InChI=1S/C17H22N2O2/c1-4-11-18-13(2)14-9-10-17(19-12-14)21-16-8-6-5-7-15(16)20-3/h5-10,12-13,18H,4,11H2,1-3H3. The third-order valence-electron chi connectivity index (χ3n) is 3.24. The molecule has 21 heavy (non-hydrogen) atoms. The van der Waals surface area contributed by atoms with Crippen LogP contribution in [0.5, 0.6) is 17.4 Å². The molecule has 0 saturated carbocycles. The molecule has 1 aromatic heterocycles. The average Bonchev–Trinajstić information content (AvgIpc) is 2.54. The maximum atomic E-state index is 5.76. The second-order valence-electron chi connectivity index (χ2n) is 4.86. The molecule has 2 rings (SSSR count). The van der Waals surface area contributed by atoms with Crippen molar-refractivity contribution in [2.75, 3.05) is 13.7 Å². The summed E-state index contributed by atoms with van der Waals surface area (Å²) in [6.07, 6.45) is 2.96. The zero-order chi connectivity index (χ0) is 15.1. The monoisotopic (exact) mass is 286 g/mol. The molecule has 1 aromatic carbocycles. The van der Waals surface area contributed by atoms with Gasteiger partial charge in [-0.05, 0) is 37.6 Å². The summed E-state index contributed by atoms with van der Waals surface area (Å²) in [4.78, 5) is 4.36. The van der Waals surface area contributed by atoms with E-state index in [9.17, 15) is 0 Å². The minimum Gasteiger partial charge on any atom is -0.493 e. The molecule has 0 aliphatic heterocycles. The van der Waals surface area contributed by atoms with Crippen molar-refractivity contribution in [2.45, 2.75) is 26.3 Å². The fraction of sp³-hybridized carbons (Fsp3) is 0.353. The summed E-state index contributed by atoms with van der Waals surface area (Å²) in [5.41, 5.74) is 1.15. The van der Waals surface area contributed by atoms with Gasteiger partial charge < -0.3 is 14.8 Å². The number of rotatable bonds is 7. The average molecular weight is 286 g/mol. The summed E-state index contributed by atoms with van der Waals surface area (Å²) < 4.78 is 11.0. The predicted molar refractivity (Wildman–Crippen MR) is 84.0 cm³/mol. The lowest BCUT2D eigenvalue weighted by molar-refractivity contribution is 0.374. The van der Waals surface area contributed by atoms with Gasteiger partial charge in [0, 0.05) is 18.3 Å². The first-order valence-electron chi connectivity index (χ1n) is 7.24. The van der Waals surface area contributed by atoms with Gasteiger partial charge in [0.2, 0.25) is 5.88 Å². The molecule has 1 N–H and O–H groups in total. The molecule has 0 fully saturated rings. The molecule has 4 heteroatoms. The fourth-order valence-corrected chi connectivity index (χ4v) is 2.00. The van der Waals surface area contributed by atoms with Crippen LogP contribution in [0.1, 0.15) is 31.9 Å². The topological polar surface area (TPSA) is 43.4 Å². The third kappa shape index (κ3) is 4.20. The Hall–Kier alpha value is -2.07. The lowest BCUT2D eigenvalue weighted by Gasteiger charge is -2.14. The number of ether oxygens (including phenoxy) is 2. The van der Waals surface area contributed by atoms with Crippen LogP contribution >= 0.6 is 0 Å². The van der Waals surface area contributed by atoms with Crippen molar-refractivity contribution in [1.29, 1.82) is 0 Å². The molecule has 0 spiro atoms. The number of hydrogen-bond donors (Lipinski definition) is 1. The molecule has 4 nitrogen and oxygen atoms in total. The summed E-state index contributed by atoms with van der Waals surface area (Å²) in [6, 6.07) is 11.7. The molecule has 0 aliphatic rings. The number of para-hydroxylation sites is 2. The number of aromatic nitrogens is 1. The van der Waals surface area contributed by atoms with Gasteiger partial charge in [-0.2, -0.15) is 0 Å². The smallest absolute Gasteiger partial charge is 0.219 e. The van der Waals surface area contributed by atoms with Crippen molar-refractivity contribution in [3.05, 3.63) is 48.2 Å².